The minimum Gasteiger partial charge on any atom is -0.379 e. The zero-order valence-corrected chi connectivity index (χ0v) is 20.3. The van der Waals surface area contributed by atoms with Gasteiger partial charge in [0.05, 0.1) is 23.8 Å². The van der Waals surface area contributed by atoms with E-state index in [0.717, 1.165) is 37.0 Å². The van der Waals surface area contributed by atoms with Gasteiger partial charge in [-0.2, -0.15) is 0 Å². The van der Waals surface area contributed by atoms with E-state index in [1.165, 1.54) is 40.1 Å². The first-order chi connectivity index (χ1) is 17.4. The monoisotopic (exact) mass is 518 g/mol. The van der Waals surface area contributed by atoms with Crippen LogP contribution in [0.3, 0.4) is 0 Å². The number of anilines is 2. The van der Waals surface area contributed by atoms with Crippen LogP contribution >= 0.6 is 11.3 Å². The lowest BCUT2D eigenvalue weighted by molar-refractivity contribution is -0.124. The summed E-state index contributed by atoms with van der Waals surface area (Å²) in [6.07, 6.45) is 0.644. The molecule has 11 heteroatoms. The lowest BCUT2D eigenvalue weighted by Crippen LogP contribution is -2.41. The van der Waals surface area contributed by atoms with Crippen LogP contribution in [0.5, 0.6) is 0 Å². The standard InChI is InChI=1S/C25H25F3N4O3S/c26-17-2-4-19(5-3-17)32-15-16(12-22(32)33)24(34)31(7-1-6-30-8-10-35-11-9-30)25-29-23-20(28)13-18(27)14-21(23)36-25/h2-5,13-14,16H,1,6-12,15H2. The Kier molecular flexibility index (Phi) is 7.22. The Bertz CT molecular complexity index is 1260. The van der Waals surface area contributed by atoms with Gasteiger partial charge in [0.1, 0.15) is 17.2 Å². The fourth-order valence-corrected chi connectivity index (χ4v) is 5.64. The van der Waals surface area contributed by atoms with Crippen molar-refractivity contribution in [2.24, 2.45) is 5.92 Å². The summed E-state index contributed by atoms with van der Waals surface area (Å²) >= 11 is 1.05. The van der Waals surface area contributed by atoms with E-state index in [1.807, 2.05) is 0 Å². The van der Waals surface area contributed by atoms with Crippen LogP contribution in [-0.2, 0) is 14.3 Å². The van der Waals surface area contributed by atoms with E-state index in [9.17, 15) is 22.8 Å². The van der Waals surface area contributed by atoms with Crippen molar-refractivity contribution in [1.29, 1.82) is 0 Å². The molecule has 1 aromatic heterocycles. The number of morpholine rings is 1. The van der Waals surface area contributed by atoms with Crippen molar-refractivity contribution in [3.05, 3.63) is 53.8 Å². The maximum absolute atomic E-state index is 14.3. The summed E-state index contributed by atoms with van der Waals surface area (Å²) in [5.41, 5.74) is 0.533. The number of ether oxygens (including phenoxy) is 1. The third-order valence-corrected chi connectivity index (χ3v) is 7.50. The number of fused-ring (bicyclic) bond motifs is 1. The van der Waals surface area contributed by atoms with Crippen LogP contribution in [0.25, 0.3) is 10.2 Å². The van der Waals surface area contributed by atoms with Crippen molar-refractivity contribution in [1.82, 2.24) is 9.88 Å². The predicted molar refractivity (Wildman–Crippen MR) is 131 cm³/mol. The summed E-state index contributed by atoms with van der Waals surface area (Å²) in [6.45, 7) is 4.15. The highest BCUT2D eigenvalue weighted by Gasteiger charge is 2.38. The van der Waals surface area contributed by atoms with Crippen molar-refractivity contribution >= 4 is 44.2 Å². The molecule has 190 valence electrons. The highest BCUT2D eigenvalue weighted by Crippen LogP contribution is 2.34. The molecule has 5 rings (SSSR count). The molecule has 0 N–H and O–H groups in total. The average molecular weight is 519 g/mol. The Balaban J connectivity index is 1.37. The summed E-state index contributed by atoms with van der Waals surface area (Å²) in [6, 6.07) is 7.52. The Hall–Kier alpha value is -3.02. The van der Waals surface area contributed by atoms with Gasteiger partial charge in [0.2, 0.25) is 11.8 Å². The van der Waals surface area contributed by atoms with Crippen molar-refractivity contribution in [2.75, 3.05) is 55.7 Å². The second-order valence-electron chi connectivity index (χ2n) is 8.91. The van der Waals surface area contributed by atoms with Crippen LogP contribution in [-0.4, -0.2) is 67.6 Å². The van der Waals surface area contributed by atoms with E-state index < -0.39 is 23.4 Å². The topological polar surface area (TPSA) is 66.0 Å². The number of carbonyl (C=O) groups excluding carboxylic acids is 2. The largest absolute Gasteiger partial charge is 0.379 e. The molecule has 7 nitrogen and oxygen atoms in total. The zero-order valence-electron chi connectivity index (χ0n) is 19.5. The molecule has 2 amide bonds. The first-order valence-electron chi connectivity index (χ1n) is 11.8. The third kappa shape index (κ3) is 5.23. The normalized spacial score (nSPS) is 18.8. The van der Waals surface area contributed by atoms with Crippen LogP contribution < -0.4 is 9.80 Å². The summed E-state index contributed by atoms with van der Waals surface area (Å²) in [4.78, 5) is 35.9. The zero-order chi connectivity index (χ0) is 25.2. The van der Waals surface area contributed by atoms with Crippen LogP contribution in [0.1, 0.15) is 12.8 Å². The number of rotatable bonds is 7. The van der Waals surface area contributed by atoms with E-state index >= 15 is 0 Å². The third-order valence-electron chi connectivity index (χ3n) is 6.47. The first kappa shape index (κ1) is 24.7. The fourth-order valence-electron chi connectivity index (χ4n) is 4.60. The smallest absolute Gasteiger partial charge is 0.234 e. The molecule has 0 radical (unpaired) electrons. The van der Waals surface area contributed by atoms with Crippen molar-refractivity contribution in [2.45, 2.75) is 12.8 Å². The van der Waals surface area contributed by atoms with E-state index in [1.54, 1.807) is 0 Å². The highest BCUT2D eigenvalue weighted by atomic mass is 32.1. The number of hydrogen-bond donors (Lipinski definition) is 0. The number of carbonyl (C=O) groups is 2. The van der Waals surface area contributed by atoms with Crippen LogP contribution in [0, 0.1) is 23.4 Å². The molecule has 1 unspecified atom stereocenters. The molecular weight excluding hydrogens is 493 g/mol. The van der Waals surface area contributed by atoms with Gasteiger partial charge in [-0.1, -0.05) is 11.3 Å². The van der Waals surface area contributed by atoms with Gasteiger partial charge < -0.3 is 9.64 Å². The van der Waals surface area contributed by atoms with Gasteiger partial charge in [0, 0.05) is 50.9 Å². The van der Waals surface area contributed by atoms with E-state index in [-0.39, 0.29) is 35.4 Å². The molecule has 0 aliphatic carbocycles. The van der Waals surface area contributed by atoms with Crippen LogP contribution in [0.4, 0.5) is 24.0 Å². The fraction of sp³-hybridized carbons (Fsp3) is 0.400. The number of amides is 2. The molecular formula is C25H25F3N4O3S. The molecule has 1 atom stereocenters. The average Bonchev–Trinajstić information content (AvgIpc) is 3.46. The molecule has 3 aromatic rings. The summed E-state index contributed by atoms with van der Waals surface area (Å²) in [5, 5.41) is 0.272. The lowest BCUT2D eigenvalue weighted by atomic mass is 10.1. The van der Waals surface area contributed by atoms with Crippen molar-refractivity contribution in [3.8, 4) is 0 Å². The summed E-state index contributed by atoms with van der Waals surface area (Å²) in [7, 11) is 0. The predicted octanol–water partition coefficient (Wildman–Crippen LogP) is 3.82. The molecule has 2 aromatic carbocycles. The van der Waals surface area contributed by atoms with E-state index in [2.05, 4.69) is 9.88 Å². The molecule has 3 heterocycles. The van der Waals surface area contributed by atoms with Crippen molar-refractivity contribution < 1.29 is 27.5 Å². The van der Waals surface area contributed by atoms with Gasteiger partial charge in [-0.25, -0.2) is 18.2 Å². The number of nitrogens with zero attached hydrogens (tertiary/aromatic N) is 4. The Labute approximate surface area is 210 Å². The van der Waals surface area contributed by atoms with E-state index in [0.29, 0.717) is 36.6 Å². The van der Waals surface area contributed by atoms with E-state index in [4.69, 9.17) is 4.74 Å². The molecule has 2 saturated heterocycles. The van der Waals surface area contributed by atoms with Crippen molar-refractivity contribution in [3.63, 3.8) is 0 Å². The van der Waals surface area contributed by atoms with Crippen LogP contribution in [0.2, 0.25) is 0 Å². The molecule has 0 saturated carbocycles. The molecule has 36 heavy (non-hydrogen) atoms. The lowest BCUT2D eigenvalue weighted by Gasteiger charge is -2.28. The Morgan fingerprint density at radius 3 is 2.61 bits per heavy atom. The van der Waals surface area contributed by atoms with Gasteiger partial charge in [-0.05, 0) is 36.8 Å². The maximum atomic E-state index is 14.3. The minimum absolute atomic E-state index is 0.00403. The highest BCUT2D eigenvalue weighted by molar-refractivity contribution is 7.22. The summed E-state index contributed by atoms with van der Waals surface area (Å²) in [5.74, 6) is -3.08. The van der Waals surface area contributed by atoms with Gasteiger partial charge >= 0.3 is 0 Å². The molecule has 2 aliphatic rings. The molecule has 2 aliphatic heterocycles. The van der Waals surface area contributed by atoms with Gasteiger partial charge in [-0.3, -0.25) is 19.4 Å². The molecule has 0 bridgehead atoms. The quantitative estimate of drug-likeness (QED) is 0.476. The maximum Gasteiger partial charge on any atom is 0.234 e. The molecule has 2 fully saturated rings. The minimum atomic E-state index is -0.785. The van der Waals surface area contributed by atoms with Gasteiger partial charge in [-0.15, -0.1) is 0 Å². The Morgan fingerprint density at radius 1 is 1.11 bits per heavy atom. The van der Waals surface area contributed by atoms with Crippen LogP contribution in [0.15, 0.2) is 36.4 Å². The first-order valence-corrected chi connectivity index (χ1v) is 12.6. The number of benzene rings is 2. The second-order valence-corrected chi connectivity index (χ2v) is 9.92. The molecule has 0 spiro atoms. The number of thiazole rings is 1. The van der Waals surface area contributed by atoms with Gasteiger partial charge in [0.15, 0.2) is 10.9 Å². The van der Waals surface area contributed by atoms with Gasteiger partial charge in [0.25, 0.3) is 0 Å². The number of aromatic nitrogens is 1. The summed E-state index contributed by atoms with van der Waals surface area (Å²) < 4.78 is 47.1. The SMILES string of the molecule is O=C1CC(C(=O)N(CCCN2CCOCC2)c2nc3c(F)cc(F)cc3s2)CN1c1ccc(F)cc1. The second kappa shape index (κ2) is 10.5. The number of hydrogen-bond acceptors (Lipinski definition) is 6. The Morgan fingerprint density at radius 2 is 1.86 bits per heavy atom. The number of halogens is 3.